The van der Waals surface area contributed by atoms with E-state index in [1.807, 2.05) is 12.1 Å². The summed E-state index contributed by atoms with van der Waals surface area (Å²) in [4.78, 5) is 11.2. The molecular weight excluding hydrogens is 276 g/mol. The molecule has 1 saturated heterocycles. The molecule has 1 unspecified atom stereocenters. The molecular formula is C15H19ClN2O2. The van der Waals surface area contributed by atoms with E-state index in [0.29, 0.717) is 12.5 Å². The van der Waals surface area contributed by atoms with Crippen molar-refractivity contribution in [3.63, 3.8) is 0 Å². The van der Waals surface area contributed by atoms with Crippen molar-refractivity contribution in [3.8, 4) is 5.75 Å². The lowest BCUT2D eigenvalue weighted by Gasteiger charge is -2.16. The van der Waals surface area contributed by atoms with Crippen molar-refractivity contribution >= 4 is 17.5 Å². The Morgan fingerprint density at radius 3 is 3.00 bits per heavy atom. The Bertz CT molecular complexity index is 533. The molecule has 1 aliphatic carbocycles. The van der Waals surface area contributed by atoms with Crippen molar-refractivity contribution < 1.29 is 9.53 Å². The van der Waals surface area contributed by atoms with Gasteiger partial charge in [-0.1, -0.05) is 11.6 Å². The largest absolute Gasteiger partial charge is 0.496 e. The fraction of sp³-hybridized carbons (Fsp3) is 0.533. The summed E-state index contributed by atoms with van der Waals surface area (Å²) in [5, 5.41) is 7.26. The summed E-state index contributed by atoms with van der Waals surface area (Å²) in [6, 6.07) is 4.57. The SMILES string of the molecule is COc1cc(Cl)cc2c1CC(NC[C@@H]1CCC(=O)N1)C2. The molecule has 1 aliphatic heterocycles. The molecule has 108 valence electrons. The number of amides is 1. The average molecular weight is 295 g/mol. The number of nitrogens with one attached hydrogen (secondary N) is 2. The van der Waals surface area contributed by atoms with E-state index < -0.39 is 0 Å². The molecule has 5 heteroatoms. The Morgan fingerprint density at radius 1 is 1.45 bits per heavy atom. The standard InChI is InChI=1S/C15H19ClN2O2/c1-20-14-6-10(16)4-9-5-12(7-13(9)14)17-8-11-2-3-15(19)18-11/h4,6,11-12,17H,2-3,5,7-8H2,1H3,(H,18,19)/t11-,12?/m0/s1. The third kappa shape index (κ3) is 2.76. The van der Waals surface area contributed by atoms with E-state index in [0.717, 1.165) is 36.6 Å². The molecule has 1 fully saturated rings. The second-order valence-corrected chi connectivity index (χ2v) is 6.00. The van der Waals surface area contributed by atoms with Gasteiger partial charge in [-0.2, -0.15) is 0 Å². The van der Waals surface area contributed by atoms with Crippen LogP contribution in [-0.4, -0.2) is 31.6 Å². The number of fused-ring (bicyclic) bond motifs is 1. The highest BCUT2D eigenvalue weighted by Gasteiger charge is 2.27. The maximum absolute atomic E-state index is 11.2. The summed E-state index contributed by atoms with van der Waals surface area (Å²) in [6.45, 7) is 0.834. The third-order valence-corrected chi connectivity index (χ3v) is 4.36. The second kappa shape index (κ2) is 5.62. The van der Waals surface area contributed by atoms with Crippen LogP contribution in [0, 0.1) is 0 Å². The second-order valence-electron chi connectivity index (χ2n) is 5.56. The first-order valence-corrected chi connectivity index (χ1v) is 7.41. The maximum Gasteiger partial charge on any atom is 0.220 e. The molecule has 0 radical (unpaired) electrons. The molecule has 2 atom stereocenters. The van der Waals surface area contributed by atoms with Gasteiger partial charge in [0.2, 0.25) is 5.91 Å². The fourth-order valence-corrected chi connectivity index (χ4v) is 3.36. The Labute approximate surface area is 123 Å². The fourth-order valence-electron chi connectivity index (χ4n) is 3.13. The Hall–Kier alpha value is -1.26. The zero-order valence-electron chi connectivity index (χ0n) is 11.5. The first-order chi connectivity index (χ1) is 9.65. The third-order valence-electron chi connectivity index (χ3n) is 4.14. The van der Waals surface area contributed by atoms with Gasteiger partial charge < -0.3 is 15.4 Å². The normalized spacial score (nSPS) is 24.6. The summed E-state index contributed by atoms with van der Waals surface area (Å²) in [6.07, 6.45) is 3.50. The average Bonchev–Trinajstić information content (AvgIpc) is 3.01. The van der Waals surface area contributed by atoms with Crippen molar-refractivity contribution in [1.82, 2.24) is 10.6 Å². The molecule has 2 N–H and O–H groups in total. The van der Waals surface area contributed by atoms with Crippen LogP contribution in [0.4, 0.5) is 0 Å². The smallest absolute Gasteiger partial charge is 0.220 e. The molecule has 0 aromatic heterocycles. The topological polar surface area (TPSA) is 50.4 Å². The summed E-state index contributed by atoms with van der Waals surface area (Å²) in [7, 11) is 1.68. The van der Waals surface area contributed by atoms with Crippen molar-refractivity contribution in [2.45, 2.75) is 37.8 Å². The summed E-state index contributed by atoms with van der Waals surface area (Å²) in [5.41, 5.74) is 2.52. The van der Waals surface area contributed by atoms with Crippen molar-refractivity contribution in [2.24, 2.45) is 0 Å². The van der Waals surface area contributed by atoms with E-state index in [2.05, 4.69) is 10.6 Å². The minimum absolute atomic E-state index is 0.167. The van der Waals surface area contributed by atoms with Crippen LogP contribution in [0.2, 0.25) is 5.02 Å². The van der Waals surface area contributed by atoms with Gasteiger partial charge in [0.05, 0.1) is 7.11 Å². The van der Waals surface area contributed by atoms with Crippen molar-refractivity contribution in [2.75, 3.05) is 13.7 Å². The molecule has 2 aliphatic rings. The quantitative estimate of drug-likeness (QED) is 0.888. The number of halogens is 1. The lowest BCUT2D eigenvalue weighted by Crippen LogP contribution is -2.40. The molecule has 1 amide bonds. The summed E-state index contributed by atoms with van der Waals surface area (Å²) < 4.78 is 5.41. The van der Waals surface area contributed by atoms with Crippen LogP contribution in [0.1, 0.15) is 24.0 Å². The van der Waals surface area contributed by atoms with Crippen LogP contribution in [0.25, 0.3) is 0 Å². The number of hydrogen-bond acceptors (Lipinski definition) is 3. The molecule has 4 nitrogen and oxygen atoms in total. The van der Waals surface area contributed by atoms with Gasteiger partial charge in [0.1, 0.15) is 5.75 Å². The number of methoxy groups -OCH3 is 1. The summed E-state index contributed by atoms with van der Waals surface area (Å²) in [5.74, 6) is 1.05. The molecule has 20 heavy (non-hydrogen) atoms. The molecule has 1 aromatic carbocycles. The lowest BCUT2D eigenvalue weighted by molar-refractivity contribution is -0.119. The van der Waals surface area contributed by atoms with Crippen LogP contribution < -0.4 is 15.4 Å². The van der Waals surface area contributed by atoms with Gasteiger partial charge in [0.15, 0.2) is 0 Å². The molecule has 1 heterocycles. The summed E-state index contributed by atoms with van der Waals surface area (Å²) >= 11 is 6.10. The van der Waals surface area contributed by atoms with E-state index in [-0.39, 0.29) is 11.9 Å². The van der Waals surface area contributed by atoms with E-state index in [4.69, 9.17) is 16.3 Å². The molecule has 3 rings (SSSR count). The predicted molar refractivity (Wildman–Crippen MR) is 78.4 cm³/mol. The number of hydrogen-bond donors (Lipinski definition) is 2. The molecule has 0 spiro atoms. The zero-order valence-corrected chi connectivity index (χ0v) is 12.3. The van der Waals surface area contributed by atoms with Crippen molar-refractivity contribution in [3.05, 3.63) is 28.3 Å². The van der Waals surface area contributed by atoms with Gasteiger partial charge in [-0.05, 0) is 42.5 Å². The van der Waals surface area contributed by atoms with E-state index in [1.54, 1.807) is 7.11 Å². The first kappa shape index (κ1) is 13.7. The minimum atomic E-state index is 0.167. The van der Waals surface area contributed by atoms with E-state index in [1.165, 1.54) is 11.1 Å². The van der Waals surface area contributed by atoms with Crippen molar-refractivity contribution in [1.29, 1.82) is 0 Å². The molecule has 0 saturated carbocycles. The van der Waals surface area contributed by atoms with Gasteiger partial charge in [-0.25, -0.2) is 0 Å². The van der Waals surface area contributed by atoms with Crippen LogP contribution >= 0.6 is 11.6 Å². The number of carbonyl (C=O) groups is 1. The number of benzene rings is 1. The lowest BCUT2D eigenvalue weighted by atomic mass is 10.1. The maximum atomic E-state index is 11.2. The van der Waals surface area contributed by atoms with Gasteiger partial charge in [0, 0.05) is 30.1 Å². The van der Waals surface area contributed by atoms with Gasteiger partial charge in [-0.15, -0.1) is 0 Å². The number of rotatable bonds is 4. The number of ether oxygens (including phenoxy) is 1. The van der Waals surface area contributed by atoms with Crippen LogP contribution in [0.5, 0.6) is 5.75 Å². The van der Waals surface area contributed by atoms with E-state index >= 15 is 0 Å². The zero-order chi connectivity index (χ0) is 14.1. The highest BCUT2D eigenvalue weighted by molar-refractivity contribution is 6.30. The Balaban J connectivity index is 1.61. The van der Waals surface area contributed by atoms with Gasteiger partial charge >= 0.3 is 0 Å². The van der Waals surface area contributed by atoms with Gasteiger partial charge in [0.25, 0.3) is 0 Å². The highest BCUT2D eigenvalue weighted by Crippen LogP contribution is 2.33. The van der Waals surface area contributed by atoms with Gasteiger partial charge in [-0.3, -0.25) is 4.79 Å². The van der Waals surface area contributed by atoms with E-state index in [9.17, 15) is 4.79 Å². The monoisotopic (exact) mass is 294 g/mol. The Kier molecular flexibility index (Phi) is 3.85. The minimum Gasteiger partial charge on any atom is -0.496 e. The van der Waals surface area contributed by atoms with Crippen LogP contribution in [0.3, 0.4) is 0 Å². The predicted octanol–water partition coefficient (Wildman–Crippen LogP) is 1.68. The number of carbonyl (C=O) groups excluding carboxylic acids is 1. The highest BCUT2D eigenvalue weighted by atomic mass is 35.5. The first-order valence-electron chi connectivity index (χ1n) is 7.03. The molecule has 0 bridgehead atoms. The van der Waals surface area contributed by atoms with Crippen LogP contribution in [-0.2, 0) is 17.6 Å². The molecule has 1 aromatic rings. The Morgan fingerprint density at radius 2 is 2.30 bits per heavy atom. The van der Waals surface area contributed by atoms with Crippen LogP contribution in [0.15, 0.2) is 12.1 Å².